The van der Waals surface area contributed by atoms with Gasteiger partial charge in [-0.25, -0.2) is 0 Å². The highest BCUT2D eigenvalue weighted by Crippen LogP contribution is 2.54. The third-order valence-corrected chi connectivity index (χ3v) is 7.33. The van der Waals surface area contributed by atoms with Gasteiger partial charge >= 0.3 is 0 Å². The summed E-state index contributed by atoms with van der Waals surface area (Å²) in [6.07, 6.45) is 0. The summed E-state index contributed by atoms with van der Waals surface area (Å²) in [5, 5.41) is 2.68. The van der Waals surface area contributed by atoms with Crippen LogP contribution in [0, 0.1) is 0 Å². The van der Waals surface area contributed by atoms with Crippen molar-refractivity contribution in [1.29, 1.82) is 0 Å². The Morgan fingerprint density at radius 3 is 1.60 bits per heavy atom. The fourth-order valence-corrected chi connectivity index (χ4v) is 5.89. The lowest BCUT2D eigenvalue weighted by atomic mass is 9.77. The van der Waals surface area contributed by atoms with E-state index in [-0.39, 0.29) is 5.92 Å². The molecule has 0 nitrogen and oxygen atoms in total. The summed E-state index contributed by atoms with van der Waals surface area (Å²) in [6.45, 7) is 0. The van der Waals surface area contributed by atoms with E-state index in [2.05, 4.69) is 140 Å². The minimum atomic E-state index is 0.117. The lowest BCUT2D eigenvalue weighted by Crippen LogP contribution is -2.07. The summed E-state index contributed by atoms with van der Waals surface area (Å²) < 4.78 is 0. The van der Waals surface area contributed by atoms with Crippen LogP contribution in [-0.2, 0) is 0 Å². The summed E-state index contributed by atoms with van der Waals surface area (Å²) in [7, 11) is 0. The molecule has 0 aromatic heterocycles. The van der Waals surface area contributed by atoms with Crippen molar-refractivity contribution in [3.05, 3.63) is 156 Å². The van der Waals surface area contributed by atoms with E-state index < -0.39 is 0 Å². The van der Waals surface area contributed by atoms with Crippen LogP contribution in [0.2, 0.25) is 0 Å². The van der Waals surface area contributed by atoms with Crippen LogP contribution in [0.25, 0.3) is 44.2 Å². The third-order valence-electron chi connectivity index (χ3n) is 7.33. The number of benzene rings is 6. The van der Waals surface area contributed by atoms with Crippen molar-refractivity contribution in [1.82, 2.24) is 0 Å². The Hall–Kier alpha value is -4.42. The minimum absolute atomic E-state index is 0.117. The van der Waals surface area contributed by atoms with Crippen LogP contribution in [0.1, 0.15) is 22.6 Å². The zero-order valence-electron chi connectivity index (χ0n) is 19.4. The van der Waals surface area contributed by atoms with Gasteiger partial charge < -0.3 is 0 Å². The fourth-order valence-electron chi connectivity index (χ4n) is 5.89. The standard InChI is InChI=1S/C35H24/c1-4-13-24(14-5-1)31-23-27-19-12-22-29-28-20-10-11-21-30(28)34(33(27)29)35(31)32(25-15-6-2-7-16-25)26-17-8-3-9-18-26/h1-23,32H. The van der Waals surface area contributed by atoms with Gasteiger partial charge in [0.05, 0.1) is 0 Å². The molecule has 0 spiro atoms. The van der Waals surface area contributed by atoms with Crippen molar-refractivity contribution < 1.29 is 0 Å². The highest BCUT2D eigenvalue weighted by atomic mass is 14.3. The molecule has 7 rings (SSSR count). The summed E-state index contributed by atoms with van der Waals surface area (Å²) in [6, 6.07) is 50.9. The Bertz CT molecular complexity index is 1620. The quantitative estimate of drug-likeness (QED) is 0.237. The van der Waals surface area contributed by atoms with Crippen molar-refractivity contribution in [3.8, 4) is 33.4 Å². The number of fused-ring (bicyclic) bond motifs is 3. The molecule has 0 fully saturated rings. The summed E-state index contributed by atoms with van der Waals surface area (Å²) in [5.74, 6) is 0.117. The molecule has 6 aromatic rings. The smallest absolute Gasteiger partial charge is 0.0352 e. The van der Waals surface area contributed by atoms with Crippen LogP contribution < -0.4 is 0 Å². The van der Waals surface area contributed by atoms with Crippen LogP contribution in [0.4, 0.5) is 0 Å². The predicted octanol–water partition coefficient (Wildman–Crippen LogP) is 9.33. The molecule has 0 atom stereocenters. The molecule has 0 amide bonds. The molecular formula is C35H24. The predicted molar refractivity (Wildman–Crippen MR) is 148 cm³/mol. The highest BCUT2D eigenvalue weighted by molar-refractivity contribution is 6.18. The van der Waals surface area contributed by atoms with E-state index >= 15 is 0 Å². The molecule has 164 valence electrons. The van der Waals surface area contributed by atoms with Crippen molar-refractivity contribution in [2.75, 3.05) is 0 Å². The molecule has 0 heterocycles. The van der Waals surface area contributed by atoms with Crippen LogP contribution in [0.15, 0.2) is 140 Å². The Morgan fingerprint density at radius 2 is 0.943 bits per heavy atom. The van der Waals surface area contributed by atoms with Gasteiger partial charge in [-0.15, -0.1) is 0 Å². The second-order valence-corrected chi connectivity index (χ2v) is 9.28. The molecule has 35 heavy (non-hydrogen) atoms. The topological polar surface area (TPSA) is 0 Å². The van der Waals surface area contributed by atoms with E-state index in [1.807, 2.05) is 0 Å². The van der Waals surface area contributed by atoms with Crippen molar-refractivity contribution in [3.63, 3.8) is 0 Å². The monoisotopic (exact) mass is 444 g/mol. The summed E-state index contributed by atoms with van der Waals surface area (Å²) >= 11 is 0. The summed E-state index contributed by atoms with van der Waals surface area (Å²) in [5.41, 5.74) is 12.0. The Morgan fingerprint density at radius 1 is 0.400 bits per heavy atom. The molecule has 6 aromatic carbocycles. The van der Waals surface area contributed by atoms with E-state index in [1.54, 1.807) is 0 Å². The fraction of sp³-hybridized carbons (Fsp3) is 0.0286. The zero-order chi connectivity index (χ0) is 23.2. The first-order chi connectivity index (χ1) is 17.4. The lowest BCUT2D eigenvalue weighted by molar-refractivity contribution is 0.985. The first kappa shape index (κ1) is 20.0. The molecule has 0 heteroatoms. The van der Waals surface area contributed by atoms with Crippen LogP contribution in [0.3, 0.4) is 0 Å². The average Bonchev–Trinajstić information content (AvgIpc) is 3.27. The molecule has 0 bridgehead atoms. The van der Waals surface area contributed by atoms with Gasteiger partial charge in [-0.1, -0.05) is 133 Å². The Kier molecular flexibility index (Phi) is 4.63. The Labute approximate surface area is 206 Å². The van der Waals surface area contributed by atoms with E-state index in [0.717, 1.165) is 0 Å². The lowest BCUT2D eigenvalue weighted by Gasteiger charge is -2.26. The van der Waals surface area contributed by atoms with Gasteiger partial charge in [0.25, 0.3) is 0 Å². The maximum Gasteiger partial charge on any atom is 0.0352 e. The van der Waals surface area contributed by atoms with Gasteiger partial charge in [0.15, 0.2) is 0 Å². The first-order valence-electron chi connectivity index (χ1n) is 12.2. The van der Waals surface area contributed by atoms with Gasteiger partial charge in [-0.05, 0) is 66.9 Å². The molecule has 0 saturated heterocycles. The number of hydrogen-bond acceptors (Lipinski definition) is 0. The van der Waals surface area contributed by atoms with E-state index in [1.165, 1.54) is 60.8 Å². The van der Waals surface area contributed by atoms with Crippen molar-refractivity contribution in [2.24, 2.45) is 0 Å². The molecule has 0 unspecified atom stereocenters. The van der Waals surface area contributed by atoms with Gasteiger partial charge in [-0.3, -0.25) is 0 Å². The number of rotatable bonds is 4. The van der Waals surface area contributed by atoms with E-state index in [0.29, 0.717) is 0 Å². The maximum absolute atomic E-state index is 2.41. The third kappa shape index (κ3) is 3.15. The van der Waals surface area contributed by atoms with Crippen molar-refractivity contribution in [2.45, 2.75) is 5.92 Å². The largest absolute Gasteiger partial charge is 0.0622 e. The van der Waals surface area contributed by atoms with E-state index in [9.17, 15) is 0 Å². The van der Waals surface area contributed by atoms with Gasteiger partial charge in [0, 0.05) is 5.92 Å². The van der Waals surface area contributed by atoms with Gasteiger partial charge in [0.2, 0.25) is 0 Å². The summed E-state index contributed by atoms with van der Waals surface area (Å²) in [4.78, 5) is 0. The van der Waals surface area contributed by atoms with Crippen LogP contribution in [-0.4, -0.2) is 0 Å². The molecule has 0 radical (unpaired) electrons. The molecule has 1 aliphatic carbocycles. The maximum atomic E-state index is 2.41. The van der Waals surface area contributed by atoms with Crippen LogP contribution >= 0.6 is 0 Å². The molecular weight excluding hydrogens is 420 g/mol. The highest BCUT2D eigenvalue weighted by Gasteiger charge is 2.31. The molecule has 0 saturated carbocycles. The second kappa shape index (κ2) is 8.11. The van der Waals surface area contributed by atoms with Crippen LogP contribution in [0.5, 0.6) is 0 Å². The van der Waals surface area contributed by atoms with Gasteiger partial charge in [0.1, 0.15) is 0 Å². The molecule has 0 N–H and O–H groups in total. The average molecular weight is 445 g/mol. The van der Waals surface area contributed by atoms with Gasteiger partial charge in [-0.2, -0.15) is 0 Å². The molecule has 1 aliphatic rings. The first-order valence-corrected chi connectivity index (χ1v) is 12.2. The normalized spacial score (nSPS) is 11.7. The van der Waals surface area contributed by atoms with Crippen molar-refractivity contribution >= 4 is 10.8 Å². The molecule has 0 aliphatic heterocycles. The minimum Gasteiger partial charge on any atom is -0.0622 e. The second-order valence-electron chi connectivity index (χ2n) is 9.28. The number of hydrogen-bond donors (Lipinski definition) is 0. The Balaban J connectivity index is 1.67. The van der Waals surface area contributed by atoms with E-state index in [4.69, 9.17) is 0 Å². The SMILES string of the molecule is c1ccc(-c2cc3cccc4c3c(c2C(c2ccccc2)c2ccccc2)-c2ccccc2-4)cc1. The zero-order valence-corrected chi connectivity index (χ0v) is 19.4.